The van der Waals surface area contributed by atoms with Gasteiger partial charge in [0.15, 0.2) is 11.5 Å². The summed E-state index contributed by atoms with van der Waals surface area (Å²) in [6.07, 6.45) is 2.12. The van der Waals surface area contributed by atoms with E-state index in [4.69, 9.17) is 13.9 Å². The highest BCUT2D eigenvalue weighted by atomic mass is 16.5. The van der Waals surface area contributed by atoms with Gasteiger partial charge in [0.05, 0.1) is 14.2 Å². The highest BCUT2D eigenvalue weighted by Crippen LogP contribution is 2.31. The summed E-state index contributed by atoms with van der Waals surface area (Å²) in [5, 5.41) is 10.4. The molecule has 0 saturated carbocycles. The van der Waals surface area contributed by atoms with E-state index >= 15 is 0 Å². The SMILES string of the molecule is COc1cccc(CCC(=O)Nc2cccc(-c3nnco3)c2)c1OC. The van der Waals surface area contributed by atoms with Crippen LogP contribution in [0.5, 0.6) is 11.5 Å². The molecule has 0 fully saturated rings. The van der Waals surface area contributed by atoms with Crippen LogP contribution < -0.4 is 14.8 Å². The number of nitrogens with zero attached hydrogens (tertiary/aromatic N) is 2. The van der Waals surface area contributed by atoms with E-state index in [1.54, 1.807) is 20.3 Å². The summed E-state index contributed by atoms with van der Waals surface area (Å²) in [6.45, 7) is 0. The molecule has 0 aliphatic carbocycles. The first-order chi connectivity index (χ1) is 12.7. The molecule has 0 saturated heterocycles. The van der Waals surface area contributed by atoms with Gasteiger partial charge in [0.25, 0.3) is 0 Å². The van der Waals surface area contributed by atoms with E-state index in [-0.39, 0.29) is 5.91 Å². The van der Waals surface area contributed by atoms with Gasteiger partial charge in [-0.1, -0.05) is 18.2 Å². The van der Waals surface area contributed by atoms with Crippen molar-refractivity contribution < 1.29 is 18.7 Å². The zero-order valence-corrected chi connectivity index (χ0v) is 14.6. The van der Waals surface area contributed by atoms with E-state index in [1.165, 1.54) is 6.39 Å². The average molecular weight is 353 g/mol. The maximum absolute atomic E-state index is 12.3. The summed E-state index contributed by atoms with van der Waals surface area (Å²) >= 11 is 0. The first kappa shape index (κ1) is 17.5. The van der Waals surface area contributed by atoms with Gasteiger partial charge in [0, 0.05) is 17.7 Å². The first-order valence-electron chi connectivity index (χ1n) is 8.07. The lowest BCUT2D eigenvalue weighted by Gasteiger charge is -2.12. The largest absolute Gasteiger partial charge is 0.493 e. The third kappa shape index (κ3) is 4.00. The second kappa shape index (κ2) is 8.15. The predicted molar refractivity (Wildman–Crippen MR) is 96.2 cm³/mol. The summed E-state index contributed by atoms with van der Waals surface area (Å²) in [4.78, 5) is 12.3. The van der Waals surface area contributed by atoms with Crippen LogP contribution in [0.25, 0.3) is 11.5 Å². The monoisotopic (exact) mass is 353 g/mol. The van der Waals surface area contributed by atoms with Gasteiger partial charge in [-0.2, -0.15) is 0 Å². The standard InChI is InChI=1S/C19H19N3O4/c1-24-16-8-4-5-13(18(16)25-2)9-10-17(23)21-15-7-3-6-14(11-15)19-22-20-12-26-19/h3-8,11-12H,9-10H2,1-2H3,(H,21,23). The molecular formula is C19H19N3O4. The van der Waals surface area contributed by atoms with Crippen LogP contribution in [-0.2, 0) is 11.2 Å². The molecule has 2 aromatic carbocycles. The number of para-hydroxylation sites is 1. The van der Waals surface area contributed by atoms with Gasteiger partial charge in [-0.15, -0.1) is 10.2 Å². The van der Waals surface area contributed by atoms with Crippen molar-refractivity contribution in [3.8, 4) is 23.0 Å². The Labute approximate surface area is 151 Å². The van der Waals surface area contributed by atoms with E-state index < -0.39 is 0 Å². The van der Waals surface area contributed by atoms with Crippen molar-refractivity contribution in [2.24, 2.45) is 0 Å². The number of methoxy groups -OCH3 is 2. The van der Waals surface area contributed by atoms with Crippen molar-refractivity contribution in [2.75, 3.05) is 19.5 Å². The Hall–Kier alpha value is -3.35. The lowest BCUT2D eigenvalue weighted by Crippen LogP contribution is -2.12. The molecule has 7 heteroatoms. The van der Waals surface area contributed by atoms with Crippen LogP contribution in [-0.4, -0.2) is 30.3 Å². The van der Waals surface area contributed by atoms with Crippen LogP contribution in [0.4, 0.5) is 5.69 Å². The number of carbonyl (C=O) groups excluding carboxylic acids is 1. The van der Waals surface area contributed by atoms with Gasteiger partial charge in [-0.3, -0.25) is 4.79 Å². The summed E-state index contributed by atoms with van der Waals surface area (Å²) < 4.78 is 15.8. The molecule has 3 rings (SSSR count). The van der Waals surface area contributed by atoms with Crippen LogP contribution in [0, 0.1) is 0 Å². The smallest absolute Gasteiger partial charge is 0.247 e. The number of aromatic nitrogens is 2. The van der Waals surface area contributed by atoms with Gasteiger partial charge < -0.3 is 19.2 Å². The molecule has 3 aromatic rings. The minimum Gasteiger partial charge on any atom is -0.493 e. The Kier molecular flexibility index (Phi) is 5.48. The van der Waals surface area contributed by atoms with Gasteiger partial charge in [0.2, 0.25) is 18.2 Å². The zero-order valence-electron chi connectivity index (χ0n) is 14.6. The Bertz CT molecular complexity index is 878. The molecule has 1 aromatic heterocycles. The molecule has 0 aliphatic heterocycles. The number of amides is 1. The normalized spacial score (nSPS) is 10.4. The molecule has 0 unspecified atom stereocenters. The molecule has 1 amide bonds. The molecule has 0 aliphatic rings. The van der Waals surface area contributed by atoms with Crippen LogP contribution in [0.15, 0.2) is 53.3 Å². The molecular weight excluding hydrogens is 334 g/mol. The fraction of sp³-hybridized carbons (Fsp3) is 0.211. The average Bonchev–Trinajstić information content (AvgIpc) is 3.21. The molecule has 0 spiro atoms. The van der Waals surface area contributed by atoms with Crippen molar-refractivity contribution in [1.82, 2.24) is 10.2 Å². The molecule has 0 radical (unpaired) electrons. The van der Waals surface area contributed by atoms with Crippen LogP contribution in [0.2, 0.25) is 0 Å². The number of ether oxygens (including phenoxy) is 2. The second-order valence-corrected chi connectivity index (χ2v) is 5.53. The minimum absolute atomic E-state index is 0.0995. The molecule has 0 atom stereocenters. The Morgan fingerprint density at radius 2 is 2.00 bits per heavy atom. The lowest BCUT2D eigenvalue weighted by molar-refractivity contribution is -0.116. The number of carbonyl (C=O) groups is 1. The fourth-order valence-electron chi connectivity index (χ4n) is 2.65. The highest BCUT2D eigenvalue weighted by Gasteiger charge is 2.12. The van der Waals surface area contributed by atoms with E-state index in [0.29, 0.717) is 35.9 Å². The first-order valence-corrected chi connectivity index (χ1v) is 8.07. The fourth-order valence-corrected chi connectivity index (χ4v) is 2.65. The Morgan fingerprint density at radius 3 is 2.73 bits per heavy atom. The van der Waals surface area contributed by atoms with Crippen molar-refractivity contribution >= 4 is 11.6 Å². The third-order valence-corrected chi connectivity index (χ3v) is 3.86. The Morgan fingerprint density at radius 1 is 1.15 bits per heavy atom. The quantitative estimate of drug-likeness (QED) is 0.701. The van der Waals surface area contributed by atoms with Crippen molar-refractivity contribution in [1.29, 1.82) is 0 Å². The number of benzene rings is 2. The third-order valence-electron chi connectivity index (χ3n) is 3.86. The number of hydrogen-bond acceptors (Lipinski definition) is 6. The number of anilines is 1. The van der Waals surface area contributed by atoms with Gasteiger partial charge in [-0.25, -0.2) is 0 Å². The lowest BCUT2D eigenvalue weighted by atomic mass is 10.1. The molecule has 7 nitrogen and oxygen atoms in total. The zero-order chi connectivity index (χ0) is 18.4. The van der Waals surface area contributed by atoms with Gasteiger partial charge in [0.1, 0.15) is 0 Å². The minimum atomic E-state index is -0.0995. The summed E-state index contributed by atoms with van der Waals surface area (Å²) in [7, 11) is 3.18. The summed E-state index contributed by atoms with van der Waals surface area (Å²) in [6, 6.07) is 12.9. The molecule has 1 N–H and O–H groups in total. The van der Waals surface area contributed by atoms with E-state index in [0.717, 1.165) is 11.1 Å². The molecule has 134 valence electrons. The van der Waals surface area contributed by atoms with Crippen LogP contribution in [0.3, 0.4) is 0 Å². The number of hydrogen-bond donors (Lipinski definition) is 1. The van der Waals surface area contributed by atoms with Crippen molar-refractivity contribution in [3.63, 3.8) is 0 Å². The van der Waals surface area contributed by atoms with Gasteiger partial charge in [-0.05, 0) is 36.2 Å². The molecule has 1 heterocycles. The maximum atomic E-state index is 12.3. The predicted octanol–water partition coefficient (Wildman–Crippen LogP) is 3.33. The van der Waals surface area contributed by atoms with Crippen molar-refractivity contribution in [3.05, 3.63) is 54.4 Å². The number of aryl methyl sites for hydroxylation is 1. The van der Waals surface area contributed by atoms with E-state index in [2.05, 4.69) is 15.5 Å². The number of nitrogens with one attached hydrogen (secondary N) is 1. The maximum Gasteiger partial charge on any atom is 0.247 e. The van der Waals surface area contributed by atoms with Crippen LogP contribution in [0.1, 0.15) is 12.0 Å². The van der Waals surface area contributed by atoms with E-state index in [9.17, 15) is 4.79 Å². The van der Waals surface area contributed by atoms with Gasteiger partial charge >= 0.3 is 0 Å². The molecule has 0 bridgehead atoms. The second-order valence-electron chi connectivity index (χ2n) is 5.53. The van der Waals surface area contributed by atoms with Crippen LogP contribution >= 0.6 is 0 Å². The summed E-state index contributed by atoms with van der Waals surface area (Å²) in [5.74, 6) is 1.61. The highest BCUT2D eigenvalue weighted by molar-refractivity contribution is 5.91. The van der Waals surface area contributed by atoms with Crippen molar-refractivity contribution in [2.45, 2.75) is 12.8 Å². The Balaban J connectivity index is 1.64. The topological polar surface area (TPSA) is 86.5 Å². The molecule has 26 heavy (non-hydrogen) atoms. The number of rotatable bonds is 7. The summed E-state index contributed by atoms with van der Waals surface area (Å²) in [5.41, 5.74) is 2.33. The van der Waals surface area contributed by atoms with E-state index in [1.807, 2.05) is 36.4 Å².